The minimum atomic E-state index is -0.310. The van der Waals surface area contributed by atoms with Gasteiger partial charge in [0.15, 0.2) is 0 Å². The fourth-order valence-electron chi connectivity index (χ4n) is 2.98. The molecule has 0 atom stereocenters. The largest absolute Gasteiger partial charge is 0.286 e. The highest BCUT2D eigenvalue weighted by molar-refractivity contribution is 8.01. The first-order valence-corrected chi connectivity index (χ1v) is 11.5. The molecule has 156 valence electrons. The van der Waals surface area contributed by atoms with Crippen LogP contribution in [0.4, 0.5) is 8.78 Å². The third-order valence-corrected chi connectivity index (χ3v) is 6.85. The molecule has 1 aromatic heterocycles. The monoisotopic (exact) mass is 452 g/mol. The number of nitrogens with zero attached hydrogens (tertiary/aromatic N) is 2. The van der Waals surface area contributed by atoms with Crippen LogP contribution in [0.2, 0.25) is 0 Å². The van der Waals surface area contributed by atoms with Crippen molar-refractivity contribution in [1.29, 1.82) is 0 Å². The Labute approximate surface area is 187 Å². The Hall–Kier alpha value is -2.90. The van der Waals surface area contributed by atoms with Crippen molar-refractivity contribution in [3.63, 3.8) is 0 Å². The van der Waals surface area contributed by atoms with Gasteiger partial charge in [0.1, 0.15) is 11.6 Å². The summed E-state index contributed by atoms with van der Waals surface area (Å²) in [5.74, 6) is 0.341. The zero-order valence-corrected chi connectivity index (χ0v) is 18.0. The Bertz CT molecular complexity index is 1250. The second-order valence-corrected chi connectivity index (χ2v) is 8.73. The van der Waals surface area contributed by atoms with Crippen molar-refractivity contribution in [2.24, 2.45) is 0 Å². The third kappa shape index (κ3) is 5.42. The molecule has 0 saturated carbocycles. The maximum absolute atomic E-state index is 13.6. The zero-order valence-electron chi connectivity index (χ0n) is 16.4. The quantitative estimate of drug-likeness (QED) is 0.318. The molecule has 0 fully saturated rings. The van der Waals surface area contributed by atoms with Crippen molar-refractivity contribution in [3.8, 4) is 5.69 Å². The molecule has 0 bridgehead atoms. The molecular formula is C24H18F2N2OS2. The smallest absolute Gasteiger partial charge is 0.266 e. The second kappa shape index (κ2) is 9.94. The molecule has 3 nitrogen and oxygen atoms in total. The van der Waals surface area contributed by atoms with Gasteiger partial charge in [0.05, 0.1) is 16.8 Å². The lowest BCUT2D eigenvalue weighted by molar-refractivity contribution is 0.626. The average Bonchev–Trinajstić information content (AvgIpc) is 2.78. The maximum atomic E-state index is 13.6. The minimum absolute atomic E-state index is 0.239. The van der Waals surface area contributed by atoms with Gasteiger partial charge < -0.3 is 0 Å². The second-order valence-electron chi connectivity index (χ2n) is 6.73. The van der Waals surface area contributed by atoms with E-state index in [1.807, 2.05) is 42.5 Å². The molecule has 0 spiro atoms. The van der Waals surface area contributed by atoms with Crippen molar-refractivity contribution in [1.82, 2.24) is 9.78 Å². The van der Waals surface area contributed by atoms with Crippen LogP contribution in [-0.4, -0.2) is 9.78 Å². The molecule has 0 aliphatic rings. The van der Waals surface area contributed by atoms with Crippen molar-refractivity contribution in [2.45, 2.75) is 21.3 Å². The van der Waals surface area contributed by atoms with Crippen LogP contribution in [-0.2, 0) is 11.5 Å². The van der Waals surface area contributed by atoms with E-state index >= 15 is 0 Å². The highest BCUT2D eigenvalue weighted by Crippen LogP contribution is 2.32. The Morgan fingerprint density at radius 3 is 2.00 bits per heavy atom. The number of thioether (sulfide) groups is 2. The topological polar surface area (TPSA) is 34.9 Å². The lowest BCUT2D eigenvalue weighted by Crippen LogP contribution is -2.23. The van der Waals surface area contributed by atoms with Crippen LogP contribution in [0.3, 0.4) is 0 Å². The summed E-state index contributed by atoms with van der Waals surface area (Å²) in [6, 6.07) is 21.9. The number of para-hydroxylation sites is 1. The number of aromatic nitrogens is 2. The van der Waals surface area contributed by atoms with E-state index in [4.69, 9.17) is 0 Å². The standard InChI is InChI=1S/C24H18F2N2OS2/c25-19-8-4-6-17(12-19)15-30-22-14-27-28(21-10-2-1-3-11-21)24(29)23(22)31-16-18-7-5-9-20(26)13-18/h1-14H,15-16H2. The molecule has 0 unspecified atom stereocenters. The summed E-state index contributed by atoms with van der Waals surface area (Å²) in [5.41, 5.74) is 2.03. The highest BCUT2D eigenvalue weighted by atomic mass is 32.2. The van der Waals surface area contributed by atoms with Crippen molar-refractivity contribution >= 4 is 23.5 Å². The summed E-state index contributed by atoms with van der Waals surface area (Å²) in [6.07, 6.45) is 1.66. The van der Waals surface area contributed by atoms with Crippen LogP contribution in [0.15, 0.2) is 99.6 Å². The van der Waals surface area contributed by atoms with E-state index in [0.29, 0.717) is 27.0 Å². The molecule has 7 heteroatoms. The predicted octanol–water partition coefficient (Wildman–Crippen LogP) is 6.10. The van der Waals surface area contributed by atoms with Gasteiger partial charge in [0.2, 0.25) is 0 Å². The van der Waals surface area contributed by atoms with Crippen molar-refractivity contribution < 1.29 is 8.78 Å². The van der Waals surface area contributed by atoms with Crippen molar-refractivity contribution in [3.05, 3.63) is 118 Å². The number of hydrogen-bond acceptors (Lipinski definition) is 4. The van der Waals surface area contributed by atoms with Crippen LogP contribution in [0.5, 0.6) is 0 Å². The zero-order chi connectivity index (χ0) is 21.6. The molecule has 0 amide bonds. The number of rotatable bonds is 7. The number of benzene rings is 3. The average molecular weight is 453 g/mol. The fourth-order valence-corrected chi connectivity index (χ4v) is 5.07. The highest BCUT2D eigenvalue weighted by Gasteiger charge is 2.15. The van der Waals surface area contributed by atoms with Crippen LogP contribution in [0.25, 0.3) is 5.69 Å². The molecule has 0 aliphatic heterocycles. The number of halogens is 2. The summed E-state index contributed by atoms with van der Waals surface area (Å²) < 4.78 is 28.4. The van der Waals surface area contributed by atoms with Crippen LogP contribution in [0.1, 0.15) is 11.1 Å². The molecule has 0 radical (unpaired) electrons. The van der Waals surface area contributed by atoms with E-state index in [2.05, 4.69) is 5.10 Å². The minimum Gasteiger partial charge on any atom is -0.266 e. The summed E-state index contributed by atoms with van der Waals surface area (Å²) in [5, 5.41) is 4.34. The predicted molar refractivity (Wildman–Crippen MR) is 122 cm³/mol. The van der Waals surface area contributed by atoms with Gasteiger partial charge in [-0.05, 0) is 47.5 Å². The molecule has 3 aromatic carbocycles. The first kappa shape index (κ1) is 21.3. The van der Waals surface area contributed by atoms with Crippen molar-refractivity contribution in [2.75, 3.05) is 0 Å². The SMILES string of the molecule is O=c1c(SCc2cccc(F)c2)c(SCc2cccc(F)c2)cnn1-c1ccccc1. The Morgan fingerprint density at radius 1 is 0.774 bits per heavy atom. The maximum Gasteiger partial charge on any atom is 0.286 e. The molecule has 4 aromatic rings. The van der Waals surface area contributed by atoms with E-state index in [1.165, 1.54) is 52.5 Å². The molecule has 0 N–H and O–H groups in total. The first-order valence-electron chi connectivity index (χ1n) is 9.52. The van der Waals surface area contributed by atoms with E-state index in [-0.39, 0.29) is 17.2 Å². The Kier molecular flexibility index (Phi) is 6.84. The third-order valence-electron chi connectivity index (χ3n) is 4.46. The summed E-state index contributed by atoms with van der Waals surface area (Å²) in [4.78, 5) is 14.5. The van der Waals surface area contributed by atoms with Gasteiger partial charge in [-0.2, -0.15) is 9.78 Å². The molecular weight excluding hydrogens is 434 g/mol. The lowest BCUT2D eigenvalue weighted by atomic mass is 10.2. The Morgan fingerprint density at radius 2 is 1.39 bits per heavy atom. The summed E-state index contributed by atoms with van der Waals surface area (Å²) in [6.45, 7) is 0. The summed E-state index contributed by atoms with van der Waals surface area (Å²) >= 11 is 2.78. The van der Waals surface area contributed by atoms with E-state index in [9.17, 15) is 13.6 Å². The van der Waals surface area contributed by atoms with E-state index in [1.54, 1.807) is 18.3 Å². The van der Waals surface area contributed by atoms with Crippen LogP contribution < -0.4 is 5.56 Å². The molecule has 0 saturated heterocycles. The van der Waals surface area contributed by atoms with Gasteiger partial charge in [0.25, 0.3) is 5.56 Å². The molecule has 1 heterocycles. The summed E-state index contributed by atoms with van der Waals surface area (Å²) in [7, 11) is 0. The first-order chi connectivity index (χ1) is 15.1. The Balaban J connectivity index is 1.65. The van der Waals surface area contributed by atoms with Gasteiger partial charge in [-0.3, -0.25) is 4.79 Å². The lowest BCUT2D eigenvalue weighted by Gasteiger charge is -2.12. The van der Waals surface area contributed by atoms with Gasteiger partial charge in [-0.1, -0.05) is 42.5 Å². The van der Waals surface area contributed by atoms with Gasteiger partial charge in [-0.25, -0.2) is 8.78 Å². The van der Waals surface area contributed by atoms with Crippen LogP contribution in [0, 0.1) is 11.6 Å². The van der Waals surface area contributed by atoms with E-state index < -0.39 is 0 Å². The number of hydrogen-bond donors (Lipinski definition) is 0. The fraction of sp³-hybridized carbons (Fsp3) is 0.0833. The van der Waals surface area contributed by atoms with Gasteiger partial charge in [0, 0.05) is 16.4 Å². The van der Waals surface area contributed by atoms with Crippen LogP contribution >= 0.6 is 23.5 Å². The van der Waals surface area contributed by atoms with Gasteiger partial charge in [-0.15, -0.1) is 23.5 Å². The van der Waals surface area contributed by atoms with Gasteiger partial charge >= 0.3 is 0 Å². The molecule has 31 heavy (non-hydrogen) atoms. The van der Waals surface area contributed by atoms with E-state index in [0.717, 1.165) is 11.1 Å². The normalized spacial score (nSPS) is 10.9. The molecule has 0 aliphatic carbocycles. The molecule has 4 rings (SSSR count).